The van der Waals surface area contributed by atoms with E-state index >= 15 is 0 Å². The zero-order chi connectivity index (χ0) is 27.7. The molecule has 0 saturated heterocycles. The van der Waals surface area contributed by atoms with E-state index in [0.717, 1.165) is 35.4 Å². The van der Waals surface area contributed by atoms with Crippen LogP contribution in [0.1, 0.15) is 67.8 Å². The average molecular weight is 527 g/mol. The first-order chi connectivity index (χ1) is 17.8. The van der Waals surface area contributed by atoms with Gasteiger partial charge in [-0.05, 0) is 72.4 Å². The Kier molecular flexibility index (Phi) is 7.72. The maximum atomic E-state index is 12.9. The largest absolute Gasteiger partial charge is 0.461 e. The molecule has 1 N–H and O–H groups in total. The quantitative estimate of drug-likeness (QED) is 0.360. The van der Waals surface area contributed by atoms with Gasteiger partial charge in [0.25, 0.3) is 5.91 Å². The van der Waals surface area contributed by atoms with Crippen LogP contribution in [0.5, 0.6) is 0 Å². The molecule has 0 aliphatic carbocycles. The van der Waals surface area contributed by atoms with Crippen LogP contribution < -0.4 is 5.32 Å². The summed E-state index contributed by atoms with van der Waals surface area (Å²) in [6.45, 7) is 9.33. The molecule has 8 heteroatoms. The summed E-state index contributed by atoms with van der Waals surface area (Å²) in [4.78, 5) is 26.9. The van der Waals surface area contributed by atoms with Crippen molar-refractivity contribution in [2.75, 3.05) is 11.9 Å². The zero-order valence-corrected chi connectivity index (χ0v) is 22.1. The molecular formula is C30H33F3N2O3. The highest BCUT2D eigenvalue weighted by Crippen LogP contribution is 2.32. The van der Waals surface area contributed by atoms with Gasteiger partial charge in [0.2, 0.25) is 5.91 Å². The van der Waals surface area contributed by atoms with E-state index in [0.29, 0.717) is 37.4 Å². The van der Waals surface area contributed by atoms with Crippen LogP contribution in [0.3, 0.4) is 0 Å². The number of benzene rings is 2. The molecule has 0 fully saturated rings. The fourth-order valence-electron chi connectivity index (χ4n) is 5.00. The molecule has 2 heterocycles. The molecule has 0 spiro atoms. The number of amides is 2. The van der Waals surface area contributed by atoms with Crippen molar-refractivity contribution in [2.24, 2.45) is 11.3 Å². The minimum atomic E-state index is -4.44. The fourth-order valence-corrected chi connectivity index (χ4v) is 5.00. The van der Waals surface area contributed by atoms with Gasteiger partial charge in [0.1, 0.15) is 11.5 Å². The van der Waals surface area contributed by atoms with Gasteiger partial charge in [-0.1, -0.05) is 27.7 Å². The van der Waals surface area contributed by atoms with Gasteiger partial charge in [-0.15, -0.1) is 0 Å². The Hall–Kier alpha value is -3.55. The molecule has 5 nitrogen and oxygen atoms in total. The lowest BCUT2D eigenvalue weighted by Crippen LogP contribution is -2.35. The molecule has 3 aromatic rings. The fraction of sp³-hybridized carbons (Fsp3) is 0.400. The van der Waals surface area contributed by atoms with Gasteiger partial charge in [0.15, 0.2) is 0 Å². The first-order valence-corrected chi connectivity index (χ1v) is 12.8. The number of carbonyl (C=O) groups is 2. The summed E-state index contributed by atoms with van der Waals surface area (Å²) in [5.41, 5.74) is 2.05. The molecule has 1 unspecified atom stereocenters. The van der Waals surface area contributed by atoms with Crippen LogP contribution >= 0.6 is 0 Å². The Bertz CT molecular complexity index is 1290. The monoisotopic (exact) mass is 526 g/mol. The summed E-state index contributed by atoms with van der Waals surface area (Å²) in [6, 6.07) is 13.6. The summed E-state index contributed by atoms with van der Waals surface area (Å²) in [7, 11) is 0. The van der Waals surface area contributed by atoms with Crippen LogP contribution in [0, 0.1) is 11.3 Å². The van der Waals surface area contributed by atoms with Crippen molar-refractivity contribution in [3.8, 4) is 11.3 Å². The topological polar surface area (TPSA) is 62.6 Å². The Labute approximate surface area is 221 Å². The van der Waals surface area contributed by atoms with E-state index in [1.807, 2.05) is 30.3 Å². The number of halogens is 3. The predicted octanol–water partition coefficient (Wildman–Crippen LogP) is 7.56. The molecule has 1 aromatic heterocycles. The SMILES string of the molecule is CC(CC(=O)Nc1ccc(-c2cc3c(o2)CCN(C(=O)c2ccc(C(F)(F)F)cc2)C3)cc1)CC(C)(C)C. The average Bonchev–Trinajstić information content (AvgIpc) is 3.25. The smallest absolute Gasteiger partial charge is 0.416 e. The predicted molar refractivity (Wildman–Crippen MR) is 141 cm³/mol. The second kappa shape index (κ2) is 10.7. The van der Waals surface area contributed by atoms with Crippen LogP contribution in [-0.4, -0.2) is 23.3 Å². The van der Waals surface area contributed by atoms with Crippen molar-refractivity contribution in [3.05, 3.63) is 77.0 Å². The minimum Gasteiger partial charge on any atom is -0.461 e. The molecule has 38 heavy (non-hydrogen) atoms. The number of alkyl halides is 3. The summed E-state index contributed by atoms with van der Waals surface area (Å²) < 4.78 is 44.5. The molecule has 2 aromatic carbocycles. The number of furan rings is 1. The van der Waals surface area contributed by atoms with Gasteiger partial charge < -0.3 is 14.6 Å². The summed E-state index contributed by atoms with van der Waals surface area (Å²) >= 11 is 0. The molecule has 0 radical (unpaired) electrons. The Morgan fingerprint density at radius 2 is 1.68 bits per heavy atom. The van der Waals surface area contributed by atoms with Crippen LogP contribution in [-0.2, 0) is 23.9 Å². The highest BCUT2D eigenvalue weighted by molar-refractivity contribution is 5.94. The second-order valence-electron chi connectivity index (χ2n) is 11.3. The Morgan fingerprint density at radius 1 is 1.03 bits per heavy atom. The molecule has 2 amide bonds. The van der Waals surface area contributed by atoms with Crippen molar-refractivity contribution in [1.29, 1.82) is 0 Å². The van der Waals surface area contributed by atoms with Gasteiger partial charge in [-0.2, -0.15) is 13.2 Å². The molecule has 0 saturated carbocycles. The number of carbonyl (C=O) groups excluding carboxylic acids is 2. The molecule has 202 valence electrons. The third-order valence-corrected chi connectivity index (χ3v) is 6.56. The maximum Gasteiger partial charge on any atom is 0.416 e. The lowest BCUT2D eigenvalue weighted by molar-refractivity contribution is -0.137. The number of hydrogen-bond acceptors (Lipinski definition) is 3. The van der Waals surface area contributed by atoms with Crippen molar-refractivity contribution in [3.63, 3.8) is 0 Å². The zero-order valence-electron chi connectivity index (χ0n) is 22.1. The minimum absolute atomic E-state index is 0.0132. The number of rotatable bonds is 6. The number of nitrogens with zero attached hydrogens (tertiary/aromatic N) is 1. The van der Waals surface area contributed by atoms with E-state index in [2.05, 4.69) is 33.0 Å². The number of fused-ring (bicyclic) bond motifs is 1. The van der Waals surface area contributed by atoms with E-state index in [-0.39, 0.29) is 28.7 Å². The van der Waals surface area contributed by atoms with Crippen LogP contribution in [0.2, 0.25) is 0 Å². The summed E-state index contributed by atoms with van der Waals surface area (Å²) in [5.74, 6) is 1.41. The second-order valence-corrected chi connectivity index (χ2v) is 11.3. The highest BCUT2D eigenvalue weighted by Gasteiger charge is 2.31. The third-order valence-electron chi connectivity index (χ3n) is 6.56. The Balaban J connectivity index is 1.37. The number of hydrogen-bond donors (Lipinski definition) is 1. The number of nitrogens with one attached hydrogen (secondary N) is 1. The highest BCUT2D eigenvalue weighted by atomic mass is 19.4. The van der Waals surface area contributed by atoms with Crippen molar-refractivity contribution in [1.82, 2.24) is 4.90 Å². The summed E-state index contributed by atoms with van der Waals surface area (Å²) in [5, 5.41) is 2.96. The third kappa shape index (κ3) is 6.85. The van der Waals surface area contributed by atoms with Crippen molar-refractivity contribution < 1.29 is 27.2 Å². The van der Waals surface area contributed by atoms with Gasteiger partial charge in [0, 0.05) is 48.3 Å². The first-order valence-electron chi connectivity index (χ1n) is 12.8. The molecular weight excluding hydrogens is 493 g/mol. The maximum absolute atomic E-state index is 12.9. The summed E-state index contributed by atoms with van der Waals surface area (Å²) in [6.07, 6.45) is -2.49. The van der Waals surface area contributed by atoms with Gasteiger partial charge >= 0.3 is 6.18 Å². The van der Waals surface area contributed by atoms with Crippen LogP contribution in [0.4, 0.5) is 18.9 Å². The lowest BCUT2D eigenvalue weighted by atomic mass is 9.84. The Morgan fingerprint density at radius 3 is 2.29 bits per heavy atom. The number of anilines is 1. The molecule has 1 atom stereocenters. The van der Waals surface area contributed by atoms with Crippen molar-refractivity contribution >= 4 is 17.5 Å². The molecule has 1 aliphatic rings. The van der Waals surface area contributed by atoms with Gasteiger partial charge in [0.05, 0.1) is 5.56 Å². The van der Waals surface area contributed by atoms with Crippen LogP contribution in [0.15, 0.2) is 59.0 Å². The lowest BCUT2D eigenvalue weighted by Gasteiger charge is -2.26. The van der Waals surface area contributed by atoms with Crippen molar-refractivity contribution in [2.45, 2.75) is 59.7 Å². The molecule has 0 bridgehead atoms. The normalized spacial score (nSPS) is 14.7. The van der Waals surface area contributed by atoms with Gasteiger partial charge in [-0.25, -0.2) is 0 Å². The molecule has 4 rings (SSSR count). The van der Waals surface area contributed by atoms with E-state index < -0.39 is 11.7 Å². The van der Waals surface area contributed by atoms with Crippen LogP contribution in [0.25, 0.3) is 11.3 Å². The van der Waals surface area contributed by atoms with E-state index in [1.54, 1.807) is 4.90 Å². The van der Waals surface area contributed by atoms with Gasteiger partial charge in [-0.3, -0.25) is 9.59 Å². The van der Waals surface area contributed by atoms with E-state index in [4.69, 9.17) is 4.42 Å². The first kappa shape index (κ1) is 27.5. The van der Waals surface area contributed by atoms with E-state index in [9.17, 15) is 22.8 Å². The standard InChI is InChI=1S/C30H33F3N2O3/c1-19(17-29(2,3)4)15-27(36)34-24-11-7-20(8-12-24)26-16-22-18-35(14-13-25(22)38-26)28(37)21-5-9-23(10-6-21)30(31,32)33/h5-12,16,19H,13-15,17-18H2,1-4H3,(H,34,36). The van der Waals surface area contributed by atoms with E-state index in [1.165, 1.54) is 12.1 Å². The molecule has 1 aliphatic heterocycles.